The van der Waals surface area contributed by atoms with Crippen molar-refractivity contribution in [2.45, 2.75) is 0 Å². The fourth-order valence-electron chi connectivity index (χ4n) is 0.0859. The lowest BCUT2D eigenvalue weighted by molar-refractivity contribution is -0.135. The number of carbonyl (C=O) groups excluding carboxylic acids is 2. The van der Waals surface area contributed by atoms with Crippen molar-refractivity contribution in [2.24, 2.45) is 0 Å². The quantitative estimate of drug-likeness (QED) is 0.265. The molecule has 0 spiro atoms. The first kappa shape index (κ1) is 5.94. The molecule has 0 aliphatic carbocycles. The largest absolute Gasteiger partial charge is 0.430 e. The Morgan fingerprint density at radius 2 is 2.43 bits per heavy atom. The van der Waals surface area contributed by atoms with E-state index in [-0.39, 0.29) is 13.3 Å². The molecule has 0 aromatic rings. The van der Waals surface area contributed by atoms with Gasteiger partial charge in [0.1, 0.15) is 0 Å². The average Bonchev–Trinajstić information content (AvgIpc) is 1.69. The van der Waals surface area contributed by atoms with E-state index >= 15 is 0 Å². The Bertz CT molecular complexity index is 52.0. The molecule has 1 radical (unpaired) electrons. The van der Waals surface area contributed by atoms with Gasteiger partial charge >= 0.3 is 6.47 Å². The number of carbonyl (C=O) groups is 1. The van der Waals surface area contributed by atoms with Crippen LogP contribution in [-0.4, -0.2) is 19.7 Å². The standard InChI is InChI=1S/C3H3O4/c4-1-6-3-7-2-5/h1H,3H2. The predicted octanol–water partition coefficient (Wildman–Crippen LogP) is -0.799. The van der Waals surface area contributed by atoms with Gasteiger partial charge < -0.3 is 9.47 Å². The summed E-state index contributed by atoms with van der Waals surface area (Å²) in [6.45, 7) is 0.892. The summed E-state index contributed by atoms with van der Waals surface area (Å²) in [6, 6.07) is 0. The van der Waals surface area contributed by atoms with Crippen molar-refractivity contribution >= 4 is 12.9 Å². The molecule has 0 rings (SSSR count). The van der Waals surface area contributed by atoms with Gasteiger partial charge in [0.05, 0.1) is 0 Å². The first-order valence-electron chi connectivity index (χ1n) is 1.46. The SMILES string of the molecule is O=[C]OCOC=O. The van der Waals surface area contributed by atoms with E-state index in [1.807, 2.05) is 0 Å². The van der Waals surface area contributed by atoms with Crippen molar-refractivity contribution < 1.29 is 19.1 Å². The third-order valence-corrected chi connectivity index (χ3v) is 0.254. The van der Waals surface area contributed by atoms with Gasteiger partial charge in [0.2, 0.25) is 6.79 Å². The Labute approximate surface area is 40.0 Å². The van der Waals surface area contributed by atoms with Gasteiger partial charge in [-0.25, -0.2) is 4.79 Å². The van der Waals surface area contributed by atoms with Gasteiger partial charge in [-0.1, -0.05) is 0 Å². The molecule has 0 unspecified atom stereocenters. The lowest BCUT2D eigenvalue weighted by Gasteiger charge is -1.88. The van der Waals surface area contributed by atoms with Gasteiger partial charge in [0, 0.05) is 0 Å². The topological polar surface area (TPSA) is 52.6 Å². The summed E-state index contributed by atoms with van der Waals surface area (Å²) in [5.74, 6) is 0. The van der Waals surface area contributed by atoms with Crippen LogP contribution in [0.15, 0.2) is 0 Å². The van der Waals surface area contributed by atoms with Crippen LogP contribution in [0.1, 0.15) is 0 Å². The summed E-state index contributed by atoms with van der Waals surface area (Å²) in [6.07, 6.45) is 0. The Kier molecular flexibility index (Phi) is 4.19. The molecule has 4 heteroatoms. The molecular weight excluding hydrogens is 100 g/mol. The monoisotopic (exact) mass is 103 g/mol. The van der Waals surface area contributed by atoms with Crippen LogP contribution in [0.4, 0.5) is 0 Å². The fourth-order valence-corrected chi connectivity index (χ4v) is 0.0859. The normalized spacial score (nSPS) is 6.86. The minimum Gasteiger partial charge on any atom is -0.430 e. The second kappa shape index (κ2) is 4.94. The number of hydrogen-bond donors (Lipinski definition) is 0. The molecule has 0 heterocycles. The first-order chi connectivity index (χ1) is 3.41. The predicted molar refractivity (Wildman–Crippen MR) is 18.8 cm³/mol. The van der Waals surface area contributed by atoms with E-state index in [9.17, 15) is 4.79 Å². The van der Waals surface area contributed by atoms with Crippen LogP contribution in [-0.2, 0) is 19.1 Å². The molecule has 0 aromatic heterocycles. The minimum absolute atomic E-state index is 0.178. The molecule has 39 valence electrons. The Morgan fingerprint density at radius 1 is 1.71 bits per heavy atom. The number of ether oxygens (including phenoxy) is 2. The molecular formula is C3H3O4. The van der Waals surface area contributed by atoms with Gasteiger partial charge in [-0.05, 0) is 0 Å². The van der Waals surface area contributed by atoms with Crippen molar-refractivity contribution in [3.63, 3.8) is 0 Å². The maximum absolute atomic E-state index is 9.25. The summed E-state index contributed by atoms with van der Waals surface area (Å²) in [7, 11) is 0. The summed E-state index contributed by atoms with van der Waals surface area (Å²) < 4.78 is 7.72. The van der Waals surface area contributed by atoms with Crippen molar-refractivity contribution in [2.75, 3.05) is 6.79 Å². The van der Waals surface area contributed by atoms with Crippen molar-refractivity contribution in [3.05, 3.63) is 0 Å². The summed E-state index contributed by atoms with van der Waals surface area (Å²) in [5.41, 5.74) is 0. The Balaban J connectivity index is 2.68. The summed E-state index contributed by atoms with van der Waals surface area (Å²) in [4.78, 5) is 18.4. The minimum atomic E-state index is -0.354. The van der Waals surface area contributed by atoms with Gasteiger partial charge in [-0.2, -0.15) is 0 Å². The highest BCUT2D eigenvalue weighted by atomic mass is 16.7. The molecule has 0 amide bonds. The van der Waals surface area contributed by atoms with Crippen molar-refractivity contribution in [1.82, 2.24) is 0 Å². The maximum Gasteiger partial charge on any atom is 0.420 e. The number of rotatable bonds is 4. The average molecular weight is 103 g/mol. The fraction of sp³-hybridized carbons (Fsp3) is 0.333. The smallest absolute Gasteiger partial charge is 0.420 e. The van der Waals surface area contributed by atoms with Crippen LogP contribution < -0.4 is 0 Å². The molecule has 0 bridgehead atoms. The highest BCUT2D eigenvalue weighted by Gasteiger charge is 1.76. The van der Waals surface area contributed by atoms with Crippen molar-refractivity contribution in [3.8, 4) is 0 Å². The Hall–Kier alpha value is -1.06. The van der Waals surface area contributed by atoms with Crippen LogP contribution in [0.25, 0.3) is 0 Å². The molecule has 0 fully saturated rings. The van der Waals surface area contributed by atoms with Crippen LogP contribution in [0.2, 0.25) is 0 Å². The van der Waals surface area contributed by atoms with Gasteiger partial charge in [0.15, 0.2) is 0 Å². The van der Waals surface area contributed by atoms with E-state index in [1.54, 1.807) is 0 Å². The van der Waals surface area contributed by atoms with Gasteiger partial charge in [0.25, 0.3) is 6.47 Å². The van der Waals surface area contributed by atoms with Gasteiger partial charge in [-0.15, -0.1) is 0 Å². The van der Waals surface area contributed by atoms with E-state index in [2.05, 4.69) is 9.47 Å². The molecule has 0 saturated carbocycles. The molecule has 0 aromatic carbocycles. The zero-order valence-corrected chi connectivity index (χ0v) is 3.42. The molecule has 4 nitrogen and oxygen atoms in total. The van der Waals surface area contributed by atoms with Crippen molar-refractivity contribution in [1.29, 1.82) is 0 Å². The summed E-state index contributed by atoms with van der Waals surface area (Å²) in [5, 5.41) is 0. The summed E-state index contributed by atoms with van der Waals surface area (Å²) >= 11 is 0. The molecule has 0 aliphatic rings. The highest BCUT2D eigenvalue weighted by Crippen LogP contribution is 1.64. The van der Waals surface area contributed by atoms with E-state index in [1.165, 1.54) is 0 Å². The van der Waals surface area contributed by atoms with Crippen LogP contribution in [0.5, 0.6) is 0 Å². The van der Waals surface area contributed by atoms with Crippen LogP contribution in [0.3, 0.4) is 0 Å². The van der Waals surface area contributed by atoms with E-state index in [0.29, 0.717) is 0 Å². The zero-order valence-electron chi connectivity index (χ0n) is 3.42. The second-order valence-electron chi connectivity index (χ2n) is 0.608. The first-order valence-corrected chi connectivity index (χ1v) is 1.46. The Morgan fingerprint density at radius 3 is 2.86 bits per heavy atom. The molecule has 0 saturated heterocycles. The molecule has 0 aliphatic heterocycles. The highest BCUT2D eigenvalue weighted by molar-refractivity contribution is 5.39. The number of hydrogen-bond acceptors (Lipinski definition) is 4. The third-order valence-electron chi connectivity index (χ3n) is 0.254. The third kappa shape index (κ3) is 4.94. The second-order valence-corrected chi connectivity index (χ2v) is 0.608. The van der Waals surface area contributed by atoms with Gasteiger partial charge in [-0.3, -0.25) is 4.79 Å². The molecule has 0 atom stereocenters. The molecule has 7 heavy (non-hydrogen) atoms. The van der Waals surface area contributed by atoms with E-state index in [4.69, 9.17) is 4.79 Å². The van der Waals surface area contributed by atoms with Crippen LogP contribution >= 0.6 is 0 Å². The maximum atomic E-state index is 9.25. The molecule has 0 N–H and O–H groups in total. The van der Waals surface area contributed by atoms with Crippen LogP contribution in [0, 0.1) is 0 Å². The van der Waals surface area contributed by atoms with E-state index in [0.717, 1.165) is 6.47 Å². The zero-order chi connectivity index (χ0) is 5.54. The van der Waals surface area contributed by atoms with E-state index < -0.39 is 0 Å². The lowest BCUT2D eigenvalue weighted by atomic mass is 11.3. The lowest BCUT2D eigenvalue weighted by Crippen LogP contribution is -1.94.